The fourth-order valence-corrected chi connectivity index (χ4v) is 2.66. The number of aliphatic hydroxyl groups excluding tert-OH is 1. The van der Waals surface area contributed by atoms with E-state index in [1.165, 1.54) is 12.1 Å². The first-order valence-corrected chi connectivity index (χ1v) is 6.73. The number of nitro groups is 1. The standard InChI is InChI=1S/C14H17N3O3/c15-9-11-5-6-13(17(19)20)14(8-11)16-7-3-1-2-4-12(16)10-18/h5-6,8,12,18H,1-4,7,10H2. The third kappa shape index (κ3) is 2.89. The van der Waals surface area contributed by atoms with Crippen LogP contribution in [0.4, 0.5) is 11.4 Å². The topological polar surface area (TPSA) is 90.4 Å². The predicted octanol–water partition coefficient (Wildman–Crippen LogP) is 2.21. The van der Waals surface area contributed by atoms with Crippen LogP contribution < -0.4 is 4.90 Å². The van der Waals surface area contributed by atoms with Crippen LogP contribution in [0, 0.1) is 21.4 Å². The number of nitro benzene ring substituents is 1. The Balaban J connectivity index is 2.46. The summed E-state index contributed by atoms with van der Waals surface area (Å²) in [5, 5.41) is 29.7. The first kappa shape index (κ1) is 14.3. The van der Waals surface area contributed by atoms with Gasteiger partial charge in [-0.3, -0.25) is 10.1 Å². The zero-order valence-electron chi connectivity index (χ0n) is 11.2. The number of aliphatic hydroxyl groups is 1. The van der Waals surface area contributed by atoms with Crippen molar-refractivity contribution in [2.75, 3.05) is 18.1 Å². The second kappa shape index (κ2) is 6.35. The maximum Gasteiger partial charge on any atom is 0.292 e. The van der Waals surface area contributed by atoms with Crippen LogP contribution in [0.15, 0.2) is 18.2 Å². The number of hydrogen-bond acceptors (Lipinski definition) is 5. The molecule has 0 radical (unpaired) electrons. The first-order valence-electron chi connectivity index (χ1n) is 6.73. The molecule has 1 heterocycles. The second-order valence-corrected chi connectivity index (χ2v) is 4.95. The van der Waals surface area contributed by atoms with Gasteiger partial charge in [-0.25, -0.2) is 0 Å². The number of nitrogens with zero attached hydrogens (tertiary/aromatic N) is 3. The molecule has 1 atom stereocenters. The van der Waals surface area contributed by atoms with Crippen molar-refractivity contribution in [2.45, 2.75) is 31.7 Å². The van der Waals surface area contributed by atoms with Crippen molar-refractivity contribution < 1.29 is 10.0 Å². The number of anilines is 1. The van der Waals surface area contributed by atoms with E-state index in [1.54, 1.807) is 6.07 Å². The molecule has 0 bridgehead atoms. The molecule has 0 saturated carbocycles. The SMILES string of the molecule is N#Cc1ccc([N+](=O)[O-])c(N2CCCCCC2CO)c1. The molecule has 1 aliphatic rings. The van der Waals surface area contributed by atoms with Crippen LogP contribution >= 0.6 is 0 Å². The Bertz CT molecular complexity index is 539. The van der Waals surface area contributed by atoms with E-state index in [0.29, 0.717) is 17.8 Å². The average molecular weight is 275 g/mol. The van der Waals surface area contributed by atoms with E-state index >= 15 is 0 Å². The molecule has 0 aliphatic carbocycles. The number of nitriles is 1. The van der Waals surface area contributed by atoms with Crippen LogP contribution in [-0.4, -0.2) is 29.2 Å². The highest BCUT2D eigenvalue weighted by Crippen LogP contribution is 2.33. The molecular weight excluding hydrogens is 258 g/mol. The summed E-state index contributed by atoms with van der Waals surface area (Å²) in [7, 11) is 0. The lowest BCUT2D eigenvalue weighted by Gasteiger charge is -2.30. The van der Waals surface area contributed by atoms with Crippen molar-refractivity contribution >= 4 is 11.4 Å². The highest BCUT2D eigenvalue weighted by Gasteiger charge is 2.26. The van der Waals surface area contributed by atoms with Gasteiger partial charge in [0.2, 0.25) is 0 Å². The molecule has 1 aromatic rings. The molecule has 0 spiro atoms. The van der Waals surface area contributed by atoms with Crippen LogP contribution in [0.1, 0.15) is 31.2 Å². The van der Waals surface area contributed by atoms with Gasteiger partial charge in [-0.05, 0) is 25.0 Å². The summed E-state index contributed by atoms with van der Waals surface area (Å²) in [5.74, 6) is 0. The zero-order valence-corrected chi connectivity index (χ0v) is 11.2. The van der Waals surface area contributed by atoms with E-state index in [2.05, 4.69) is 0 Å². The number of benzene rings is 1. The minimum Gasteiger partial charge on any atom is -0.394 e. The molecule has 1 saturated heterocycles. The summed E-state index contributed by atoms with van der Waals surface area (Å²) in [6.45, 7) is 0.634. The van der Waals surface area contributed by atoms with Crippen molar-refractivity contribution in [1.82, 2.24) is 0 Å². The van der Waals surface area contributed by atoms with Crippen molar-refractivity contribution in [2.24, 2.45) is 0 Å². The van der Waals surface area contributed by atoms with E-state index < -0.39 is 4.92 Å². The Hall–Kier alpha value is -2.13. The minimum absolute atomic E-state index is 0.00986. The smallest absolute Gasteiger partial charge is 0.292 e. The molecule has 1 fully saturated rings. The average Bonchev–Trinajstić information content (AvgIpc) is 2.71. The quantitative estimate of drug-likeness (QED) is 0.674. The Labute approximate surface area is 117 Å². The van der Waals surface area contributed by atoms with Gasteiger partial charge in [-0.15, -0.1) is 0 Å². The lowest BCUT2D eigenvalue weighted by molar-refractivity contribution is -0.384. The van der Waals surface area contributed by atoms with E-state index in [1.807, 2.05) is 11.0 Å². The molecule has 106 valence electrons. The fraction of sp³-hybridized carbons (Fsp3) is 0.500. The van der Waals surface area contributed by atoms with E-state index in [0.717, 1.165) is 25.7 Å². The molecule has 2 rings (SSSR count). The highest BCUT2D eigenvalue weighted by atomic mass is 16.6. The first-order chi connectivity index (χ1) is 9.67. The third-order valence-electron chi connectivity index (χ3n) is 3.70. The summed E-state index contributed by atoms with van der Waals surface area (Å²) >= 11 is 0. The van der Waals surface area contributed by atoms with E-state index in [9.17, 15) is 15.2 Å². The van der Waals surface area contributed by atoms with Gasteiger partial charge in [0.1, 0.15) is 5.69 Å². The number of rotatable bonds is 3. The fourth-order valence-electron chi connectivity index (χ4n) is 2.66. The molecule has 6 nitrogen and oxygen atoms in total. The Kier molecular flexibility index (Phi) is 4.53. The minimum atomic E-state index is -0.435. The molecular formula is C14H17N3O3. The third-order valence-corrected chi connectivity index (χ3v) is 3.70. The molecule has 6 heteroatoms. The van der Waals surface area contributed by atoms with Crippen molar-refractivity contribution in [3.05, 3.63) is 33.9 Å². The molecule has 1 aliphatic heterocycles. The Morgan fingerprint density at radius 3 is 2.90 bits per heavy atom. The van der Waals surface area contributed by atoms with Crippen molar-refractivity contribution in [3.63, 3.8) is 0 Å². The molecule has 1 N–H and O–H groups in total. The van der Waals surface area contributed by atoms with Gasteiger partial charge in [0.15, 0.2) is 0 Å². The molecule has 20 heavy (non-hydrogen) atoms. The van der Waals surface area contributed by atoms with Crippen molar-refractivity contribution in [1.29, 1.82) is 5.26 Å². The van der Waals surface area contributed by atoms with Gasteiger partial charge < -0.3 is 10.0 Å². The van der Waals surface area contributed by atoms with Gasteiger partial charge in [0.05, 0.1) is 29.2 Å². The molecule has 0 aromatic heterocycles. The summed E-state index contributed by atoms with van der Waals surface area (Å²) in [6.07, 6.45) is 3.81. The summed E-state index contributed by atoms with van der Waals surface area (Å²) in [5.41, 5.74) is 0.825. The second-order valence-electron chi connectivity index (χ2n) is 4.95. The van der Waals surface area contributed by atoms with Gasteiger partial charge in [-0.1, -0.05) is 12.8 Å². The summed E-state index contributed by atoms with van der Waals surface area (Å²) < 4.78 is 0. The van der Waals surface area contributed by atoms with Gasteiger partial charge >= 0.3 is 0 Å². The summed E-state index contributed by atoms with van der Waals surface area (Å²) in [4.78, 5) is 12.6. The maximum atomic E-state index is 11.2. The number of hydrogen-bond donors (Lipinski definition) is 1. The predicted molar refractivity (Wildman–Crippen MR) is 74.5 cm³/mol. The van der Waals surface area contributed by atoms with E-state index in [-0.39, 0.29) is 18.3 Å². The van der Waals surface area contributed by atoms with Crippen LogP contribution in [0.5, 0.6) is 0 Å². The van der Waals surface area contributed by atoms with Gasteiger partial charge in [-0.2, -0.15) is 5.26 Å². The van der Waals surface area contributed by atoms with Crippen molar-refractivity contribution in [3.8, 4) is 6.07 Å². The Morgan fingerprint density at radius 2 is 2.25 bits per heavy atom. The highest BCUT2D eigenvalue weighted by molar-refractivity contribution is 5.66. The monoisotopic (exact) mass is 275 g/mol. The largest absolute Gasteiger partial charge is 0.394 e. The normalized spacial score (nSPS) is 19.2. The van der Waals surface area contributed by atoms with E-state index in [4.69, 9.17) is 5.26 Å². The summed E-state index contributed by atoms with van der Waals surface area (Å²) in [6, 6.07) is 6.26. The lowest BCUT2D eigenvalue weighted by Crippen LogP contribution is -2.38. The maximum absolute atomic E-state index is 11.2. The lowest BCUT2D eigenvalue weighted by atomic mass is 10.1. The molecule has 0 amide bonds. The van der Waals surface area contributed by atoms with Gasteiger partial charge in [0.25, 0.3) is 5.69 Å². The van der Waals surface area contributed by atoms with Crippen LogP contribution in [-0.2, 0) is 0 Å². The zero-order chi connectivity index (χ0) is 14.5. The van der Waals surface area contributed by atoms with Gasteiger partial charge in [0, 0.05) is 12.6 Å². The van der Waals surface area contributed by atoms with Crippen LogP contribution in [0.25, 0.3) is 0 Å². The molecule has 1 aromatic carbocycles. The Morgan fingerprint density at radius 1 is 1.45 bits per heavy atom. The van der Waals surface area contributed by atoms with Crippen LogP contribution in [0.3, 0.4) is 0 Å². The van der Waals surface area contributed by atoms with Crippen LogP contribution in [0.2, 0.25) is 0 Å². The molecule has 1 unspecified atom stereocenters.